The van der Waals surface area contributed by atoms with Crippen LogP contribution in [0.4, 0.5) is 10.1 Å². The average Bonchev–Trinajstić information content (AvgIpc) is 3.18. The molecule has 4 nitrogen and oxygen atoms in total. The number of thioether (sulfide) groups is 1. The maximum absolute atomic E-state index is 13.2. The predicted molar refractivity (Wildman–Crippen MR) is 104 cm³/mol. The smallest absolute Gasteiger partial charge is 0.317 e. The quantitative estimate of drug-likeness (QED) is 0.584. The average molecular weight is 387 g/mol. The van der Waals surface area contributed by atoms with Gasteiger partial charge in [0.1, 0.15) is 5.82 Å². The van der Waals surface area contributed by atoms with Crippen molar-refractivity contribution in [3.63, 3.8) is 0 Å². The van der Waals surface area contributed by atoms with E-state index in [0.717, 1.165) is 23.3 Å². The summed E-state index contributed by atoms with van der Waals surface area (Å²) in [6.07, 6.45) is 5.06. The fourth-order valence-corrected chi connectivity index (χ4v) is 3.98. The monoisotopic (exact) mass is 387 g/mol. The third-order valence-corrected chi connectivity index (χ3v) is 5.66. The molecule has 2 aromatic rings. The number of carbonyl (C=O) groups excluding carboxylic acids is 2. The van der Waals surface area contributed by atoms with E-state index in [1.807, 2.05) is 24.5 Å². The lowest BCUT2D eigenvalue weighted by atomic mass is 9.79. The standard InChI is InChI=1S/C21H22FNO3S/c1-27-18-6-4-5-17(13-18)23-19(24)14-26-20(25)21(11-2-3-12-21)15-7-9-16(22)10-8-15/h4-10,13H,2-3,11-12,14H2,1H3,(H,23,24). The Hall–Kier alpha value is -2.34. The fraction of sp³-hybridized carbons (Fsp3) is 0.333. The number of hydrogen-bond acceptors (Lipinski definition) is 4. The summed E-state index contributed by atoms with van der Waals surface area (Å²) in [5.74, 6) is -1.14. The zero-order chi connectivity index (χ0) is 19.3. The van der Waals surface area contributed by atoms with E-state index in [1.165, 1.54) is 12.1 Å². The van der Waals surface area contributed by atoms with Crippen molar-refractivity contribution < 1.29 is 18.7 Å². The number of nitrogens with one attached hydrogen (secondary N) is 1. The Balaban J connectivity index is 1.64. The fourth-order valence-electron chi connectivity index (χ4n) is 3.53. The van der Waals surface area contributed by atoms with Crippen LogP contribution in [0.5, 0.6) is 0 Å². The van der Waals surface area contributed by atoms with Crippen molar-refractivity contribution in [2.24, 2.45) is 0 Å². The van der Waals surface area contributed by atoms with Crippen molar-refractivity contribution in [1.82, 2.24) is 0 Å². The van der Waals surface area contributed by atoms with Crippen LogP contribution < -0.4 is 5.32 Å². The van der Waals surface area contributed by atoms with Crippen LogP contribution in [-0.2, 0) is 19.7 Å². The SMILES string of the molecule is CSc1cccc(NC(=O)COC(=O)C2(c3ccc(F)cc3)CCCC2)c1. The van der Waals surface area contributed by atoms with Gasteiger partial charge in [0.05, 0.1) is 5.41 Å². The van der Waals surface area contributed by atoms with Gasteiger partial charge in [0.15, 0.2) is 6.61 Å². The minimum absolute atomic E-state index is 0.341. The van der Waals surface area contributed by atoms with Gasteiger partial charge < -0.3 is 10.1 Å². The summed E-state index contributed by atoms with van der Waals surface area (Å²) >= 11 is 1.58. The molecule has 1 saturated carbocycles. The van der Waals surface area contributed by atoms with Crippen LogP contribution in [0.15, 0.2) is 53.4 Å². The van der Waals surface area contributed by atoms with Crippen molar-refractivity contribution in [2.45, 2.75) is 36.0 Å². The van der Waals surface area contributed by atoms with Crippen molar-refractivity contribution >= 4 is 29.3 Å². The Morgan fingerprint density at radius 3 is 2.52 bits per heavy atom. The first-order valence-corrected chi connectivity index (χ1v) is 10.1. The molecule has 1 fully saturated rings. The number of ether oxygens (including phenoxy) is 1. The Bertz CT molecular complexity index is 816. The van der Waals surface area contributed by atoms with E-state index in [0.29, 0.717) is 18.5 Å². The maximum Gasteiger partial charge on any atom is 0.317 e. The first kappa shape index (κ1) is 19.4. The van der Waals surface area contributed by atoms with E-state index < -0.39 is 11.4 Å². The minimum Gasteiger partial charge on any atom is -0.455 e. The van der Waals surface area contributed by atoms with Gasteiger partial charge in [-0.1, -0.05) is 31.0 Å². The van der Waals surface area contributed by atoms with E-state index in [1.54, 1.807) is 30.0 Å². The van der Waals surface area contributed by atoms with E-state index in [9.17, 15) is 14.0 Å². The topological polar surface area (TPSA) is 55.4 Å². The lowest BCUT2D eigenvalue weighted by Gasteiger charge is -2.27. The summed E-state index contributed by atoms with van der Waals surface area (Å²) in [5, 5.41) is 2.74. The van der Waals surface area contributed by atoms with Crippen LogP contribution in [0.1, 0.15) is 31.2 Å². The van der Waals surface area contributed by atoms with Gasteiger partial charge in [0.25, 0.3) is 5.91 Å². The number of halogens is 1. The van der Waals surface area contributed by atoms with Gasteiger partial charge in [-0.25, -0.2) is 4.39 Å². The summed E-state index contributed by atoms with van der Waals surface area (Å²) in [6.45, 7) is -0.342. The number of hydrogen-bond donors (Lipinski definition) is 1. The van der Waals surface area contributed by atoms with E-state index in [-0.39, 0.29) is 18.3 Å². The lowest BCUT2D eigenvalue weighted by Crippen LogP contribution is -2.36. The summed E-state index contributed by atoms with van der Waals surface area (Å²) in [7, 11) is 0. The van der Waals surface area contributed by atoms with Crippen LogP contribution in [-0.4, -0.2) is 24.7 Å². The van der Waals surface area contributed by atoms with E-state index in [2.05, 4.69) is 5.32 Å². The molecule has 0 radical (unpaired) electrons. The van der Waals surface area contributed by atoms with Crippen molar-refractivity contribution in [3.8, 4) is 0 Å². The molecule has 0 aliphatic heterocycles. The Morgan fingerprint density at radius 2 is 1.85 bits per heavy atom. The van der Waals surface area contributed by atoms with Gasteiger partial charge in [0, 0.05) is 10.6 Å². The Morgan fingerprint density at radius 1 is 1.15 bits per heavy atom. The van der Waals surface area contributed by atoms with Gasteiger partial charge in [-0.3, -0.25) is 9.59 Å². The molecule has 0 heterocycles. The number of carbonyl (C=O) groups is 2. The third-order valence-electron chi connectivity index (χ3n) is 4.93. The molecule has 1 aliphatic rings. The zero-order valence-corrected chi connectivity index (χ0v) is 16.0. The molecule has 0 aromatic heterocycles. The molecule has 0 saturated heterocycles. The van der Waals surface area contributed by atoms with Gasteiger partial charge in [-0.05, 0) is 55.0 Å². The normalized spacial score (nSPS) is 15.3. The lowest BCUT2D eigenvalue weighted by molar-refractivity contribution is -0.153. The maximum atomic E-state index is 13.2. The number of rotatable bonds is 6. The number of anilines is 1. The van der Waals surface area contributed by atoms with Gasteiger partial charge in [0.2, 0.25) is 0 Å². The molecule has 27 heavy (non-hydrogen) atoms. The largest absolute Gasteiger partial charge is 0.455 e. The first-order valence-electron chi connectivity index (χ1n) is 8.91. The predicted octanol–water partition coefficient (Wildman–Crippen LogP) is 4.54. The van der Waals surface area contributed by atoms with Crippen molar-refractivity contribution in [3.05, 3.63) is 59.9 Å². The molecule has 1 amide bonds. The molecule has 1 aliphatic carbocycles. The highest BCUT2D eigenvalue weighted by Crippen LogP contribution is 2.42. The Kier molecular flexibility index (Phi) is 6.16. The highest BCUT2D eigenvalue weighted by molar-refractivity contribution is 7.98. The van der Waals surface area contributed by atoms with Crippen LogP contribution in [0.3, 0.4) is 0 Å². The highest BCUT2D eigenvalue weighted by Gasteiger charge is 2.44. The van der Waals surface area contributed by atoms with Gasteiger partial charge in [-0.2, -0.15) is 0 Å². The second-order valence-corrected chi connectivity index (χ2v) is 7.53. The van der Waals surface area contributed by atoms with Crippen molar-refractivity contribution in [1.29, 1.82) is 0 Å². The first-order chi connectivity index (χ1) is 13.0. The van der Waals surface area contributed by atoms with Gasteiger partial charge in [-0.15, -0.1) is 11.8 Å². The van der Waals surface area contributed by atoms with E-state index >= 15 is 0 Å². The molecule has 0 spiro atoms. The summed E-state index contributed by atoms with van der Waals surface area (Å²) in [5.41, 5.74) is 0.628. The summed E-state index contributed by atoms with van der Waals surface area (Å²) in [6, 6.07) is 13.4. The number of amides is 1. The van der Waals surface area contributed by atoms with Crippen LogP contribution in [0.25, 0.3) is 0 Å². The second-order valence-electron chi connectivity index (χ2n) is 6.65. The third kappa shape index (κ3) is 4.50. The molecule has 2 aromatic carbocycles. The molecule has 6 heteroatoms. The van der Waals surface area contributed by atoms with Crippen LogP contribution in [0.2, 0.25) is 0 Å². The van der Waals surface area contributed by atoms with Gasteiger partial charge >= 0.3 is 5.97 Å². The highest BCUT2D eigenvalue weighted by atomic mass is 32.2. The molecule has 142 valence electrons. The molecule has 0 atom stereocenters. The molecular formula is C21H22FNO3S. The molecule has 0 unspecified atom stereocenters. The van der Waals surface area contributed by atoms with Crippen molar-refractivity contribution in [2.75, 3.05) is 18.2 Å². The summed E-state index contributed by atoms with van der Waals surface area (Å²) in [4.78, 5) is 26.0. The van der Waals surface area contributed by atoms with Crippen LogP contribution >= 0.6 is 11.8 Å². The van der Waals surface area contributed by atoms with E-state index in [4.69, 9.17) is 4.74 Å². The molecular weight excluding hydrogens is 365 g/mol. The minimum atomic E-state index is -0.785. The molecule has 0 bridgehead atoms. The number of benzene rings is 2. The van der Waals surface area contributed by atoms with Crippen LogP contribution in [0, 0.1) is 5.82 Å². The Labute approximate surface area is 162 Å². The number of esters is 1. The zero-order valence-electron chi connectivity index (χ0n) is 15.2. The molecule has 1 N–H and O–H groups in total. The summed E-state index contributed by atoms with van der Waals surface area (Å²) < 4.78 is 18.6. The second kappa shape index (κ2) is 8.57. The molecule has 3 rings (SSSR count).